The zero-order valence-electron chi connectivity index (χ0n) is 12.3. The van der Waals surface area contributed by atoms with Crippen molar-refractivity contribution in [3.05, 3.63) is 5.82 Å². The molecule has 0 aliphatic carbocycles. The number of nitrogens with one attached hydrogen (secondary N) is 1. The Bertz CT molecular complexity index is 524. The van der Waals surface area contributed by atoms with Crippen molar-refractivity contribution in [1.82, 2.24) is 30.4 Å². The molecule has 0 bridgehead atoms. The van der Waals surface area contributed by atoms with Gasteiger partial charge in [0.2, 0.25) is 11.8 Å². The minimum absolute atomic E-state index is 0.122. The number of nitrogens with zero attached hydrogens (tertiary/aromatic N) is 5. The zero-order chi connectivity index (χ0) is 14.9. The normalized spacial score (nSPS) is 22.0. The third-order valence-corrected chi connectivity index (χ3v) is 3.33. The van der Waals surface area contributed by atoms with E-state index in [4.69, 9.17) is 0 Å². The van der Waals surface area contributed by atoms with Gasteiger partial charge in [-0.3, -0.25) is 9.59 Å². The number of hydrogen-bond acceptors (Lipinski definition) is 5. The maximum absolute atomic E-state index is 12.5. The van der Waals surface area contributed by atoms with Crippen molar-refractivity contribution in [2.75, 3.05) is 0 Å². The Kier molecular flexibility index (Phi) is 3.74. The Labute approximate surface area is 117 Å². The Balaban J connectivity index is 2.27. The SMILES string of the molecule is CCCC1C(=O)NC(C)(C)C(=O)N1Cc1nnn(C)n1. The van der Waals surface area contributed by atoms with Crippen LogP contribution in [0, 0.1) is 0 Å². The lowest BCUT2D eigenvalue weighted by Gasteiger charge is -2.42. The van der Waals surface area contributed by atoms with Gasteiger partial charge in [-0.1, -0.05) is 13.3 Å². The summed E-state index contributed by atoms with van der Waals surface area (Å²) < 4.78 is 0. The molecule has 1 fully saturated rings. The van der Waals surface area contributed by atoms with Gasteiger partial charge in [-0.05, 0) is 25.5 Å². The number of rotatable bonds is 4. The molecule has 1 unspecified atom stereocenters. The molecule has 1 aliphatic rings. The summed E-state index contributed by atoms with van der Waals surface area (Å²) in [6.07, 6.45) is 1.43. The molecule has 2 rings (SSSR count). The molecule has 1 aliphatic heterocycles. The molecule has 1 atom stereocenters. The van der Waals surface area contributed by atoms with E-state index in [0.29, 0.717) is 12.2 Å². The molecule has 1 saturated heterocycles. The van der Waals surface area contributed by atoms with Crippen LogP contribution in [0.1, 0.15) is 39.4 Å². The molecule has 0 spiro atoms. The highest BCUT2D eigenvalue weighted by Gasteiger charge is 2.45. The first kappa shape index (κ1) is 14.4. The second-order valence-electron chi connectivity index (χ2n) is 5.55. The quantitative estimate of drug-likeness (QED) is 0.811. The van der Waals surface area contributed by atoms with E-state index in [-0.39, 0.29) is 18.4 Å². The maximum atomic E-state index is 12.5. The van der Waals surface area contributed by atoms with E-state index in [9.17, 15) is 9.59 Å². The fourth-order valence-electron chi connectivity index (χ4n) is 2.37. The van der Waals surface area contributed by atoms with Crippen molar-refractivity contribution >= 4 is 11.8 Å². The summed E-state index contributed by atoms with van der Waals surface area (Å²) >= 11 is 0. The monoisotopic (exact) mass is 280 g/mol. The molecule has 1 aromatic rings. The van der Waals surface area contributed by atoms with Crippen LogP contribution in [0.5, 0.6) is 0 Å². The number of aromatic nitrogens is 4. The van der Waals surface area contributed by atoms with Crippen LogP contribution in [0.15, 0.2) is 0 Å². The fraction of sp³-hybridized carbons (Fsp3) is 0.750. The van der Waals surface area contributed by atoms with E-state index in [1.807, 2.05) is 6.92 Å². The minimum Gasteiger partial charge on any atom is -0.340 e. The molecule has 0 aromatic carbocycles. The molecule has 110 valence electrons. The molecule has 0 radical (unpaired) electrons. The lowest BCUT2D eigenvalue weighted by molar-refractivity contribution is -0.154. The number of aryl methyl sites for hydroxylation is 1. The summed E-state index contributed by atoms with van der Waals surface area (Å²) in [5.74, 6) is 0.191. The van der Waals surface area contributed by atoms with Crippen LogP contribution >= 0.6 is 0 Å². The molecule has 8 heteroatoms. The molecular weight excluding hydrogens is 260 g/mol. The van der Waals surface area contributed by atoms with Crippen molar-refractivity contribution in [1.29, 1.82) is 0 Å². The third kappa shape index (κ3) is 2.63. The molecule has 0 saturated carbocycles. The molecule has 2 heterocycles. The minimum atomic E-state index is -0.899. The number of carbonyl (C=O) groups excluding carboxylic acids is 2. The first-order valence-electron chi connectivity index (χ1n) is 6.71. The fourth-order valence-corrected chi connectivity index (χ4v) is 2.37. The number of piperazine rings is 1. The Hall–Kier alpha value is -1.99. The summed E-state index contributed by atoms with van der Waals surface area (Å²) in [4.78, 5) is 27.6. The van der Waals surface area contributed by atoms with E-state index < -0.39 is 11.6 Å². The number of amides is 2. The maximum Gasteiger partial charge on any atom is 0.248 e. The smallest absolute Gasteiger partial charge is 0.248 e. The zero-order valence-corrected chi connectivity index (χ0v) is 12.3. The summed E-state index contributed by atoms with van der Waals surface area (Å²) in [5, 5.41) is 14.5. The second-order valence-corrected chi connectivity index (χ2v) is 5.55. The van der Waals surface area contributed by atoms with Crippen molar-refractivity contribution in [3.8, 4) is 0 Å². The van der Waals surface area contributed by atoms with E-state index >= 15 is 0 Å². The van der Waals surface area contributed by atoms with Crippen LogP contribution in [-0.4, -0.2) is 48.5 Å². The van der Waals surface area contributed by atoms with Gasteiger partial charge in [0.05, 0.1) is 13.6 Å². The van der Waals surface area contributed by atoms with Gasteiger partial charge in [-0.15, -0.1) is 10.2 Å². The second kappa shape index (κ2) is 5.18. The topological polar surface area (TPSA) is 93.0 Å². The summed E-state index contributed by atoms with van der Waals surface area (Å²) in [6, 6.07) is -0.468. The molecule has 8 nitrogen and oxygen atoms in total. The molecular formula is C12H20N6O2. The van der Waals surface area contributed by atoms with Crippen molar-refractivity contribution in [3.63, 3.8) is 0 Å². The van der Waals surface area contributed by atoms with Gasteiger partial charge >= 0.3 is 0 Å². The van der Waals surface area contributed by atoms with Crippen LogP contribution in [0.25, 0.3) is 0 Å². The number of hydrogen-bond donors (Lipinski definition) is 1. The van der Waals surface area contributed by atoms with Gasteiger partial charge < -0.3 is 10.2 Å². The van der Waals surface area contributed by atoms with Gasteiger partial charge in [-0.2, -0.15) is 4.80 Å². The summed E-state index contributed by atoms with van der Waals surface area (Å²) in [7, 11) is 1.66. The van der Waals surface area contributed by atoms with E-state index in [0.717, 1.165) is 6.42 Å². The van der Waals surface area contributed by atoms with Gasteiger partial charge in [-0.25, -0.2) is 0 Å². The summed E-state index contributed by atoms with van der Waals surface area (Å²) in [6.45, 7) is 5.59. The predicted molar refractivity (Wildman–Crippen MR) is 70.3 cm³/mol. The molecule has 20 heavy (non-hydrogen) atoms. The average Bonchev–Trinajstić information content (AvgIpc) is 2.76. The van der Waals surface area contributed by atoms with Crippen molar-refractivity contribution in [2.24, 2.45) is 7.05 Å². The highest BCUT2D eigenvalue weighted by molar-refractivity contribution is 5.99. The summed E-state index contributed by atoms with van der Waals surface area (Å²) in [5.41, 5.74) is -0.899. The lowest BCUT2D eigenvalue weighted by atomic mass is 9.95. The predicted octanol–water partition coefficient (Wildman–Crippen LogP) is -0.384. The number of tetrazole rings is 1. The standard InChI is InChI=1S/C12H20N6O2/c1-5-6-8-10(19)13-12(2,3)11(20)18(8)7-9-14-16-17(4)15-9/h8H,5-7H2,1-4H3,(H,13,19). The molecule has 1 N–H and O–H groups in total. The highest BCUT2D eigenvalue weighted by atomic mass is 16.2. The van der Waals surface area contributed by atoms with Crippen molar-refractivity contribution in [2.45, 2.75) is 51.7 Å². The van der Waals surface area contributed by atoms with E-state index in [1.54, 1.807) is 25.8 Å². The first-order chi connectivity index (χ1) is 9.35. The van der Waals surface area contributed by atoms with Crippen LogP contribution in [0.4, 0.5) is 0 Å². The van der Waals surface area contributed by atoms with Gasteiger partial charge in [0, 0.05) is 0 Å². The van der Waals surface area contributed by atoms with E-state index in [2.05, 4.69) is 20.7 Å². The first-order valence-corrected chi connectivity index (χ1v) is 6.71. The largest absolute Gasteiger partial charge is 0.340 e. The van der Waals surface area contributed by atoms with Gasteiger partial charge in [0.15, 0.2) is 5.82 Å². The van der Waals surface area contributed by atoms with Crippen LogP contribution < -0.4 is 5.32 Å². The number of carbonyl (C=O) groups is 2. The Morgan fingerprint density at radius 3 is 2.60 bits per heavy atom. The third-order valence-electron chi connectivity index (χ3n) is 3.33. The average molecular weight is 280 g/mol. The van der Waals surface area contributed by atoms with Gasteiger partial charge in [0.1, 0.15) is 11.6 Å². The highest BCUT2D eigenvalue weighted by Crippen LogP contribution is 2.22. The van der Waals surface area contributed by atoms with Crippen LogP contribution in [0.2, 0.25) is 0 Å². The van der Waals surface area contributed by atoms with E-state index in [1.165, 1.54) is 4.80 Å². The Morgan fingerprint density at radius 1 is 1.35 bits per heavy atom. The van der Waals surface area contributed by atoms with Crippen molar-refractivity contribution < 1.29 is 9.59 Å². The lowest BCUT2D eigenvalue weighted by Crippen LogP contribution is -2.67. The van der Waals surface area contributed by atoms with Crippen LogP contribution in [0.3, 0.4) is 0 Å². The van der Waals surface area contributed by atoms with Crippen LogP contribution in [-0.2, 0) is 23.2 Å². The molecule has 2 amide bonds. The Morgan fingerprint density at radius 2 is 2.05 bits per heavy atom. The molecule has 1 aromatic heterocycles. The van der Waals surface area contributed by atoms with Gasteiger partial charge in [0.25, 0.3) is 0 Å².